The van der Waals surface area contributed by atoms with Crippen molar-refractivity contribution in [2.45, 2.75) is 250 Å². The molecule has 0 radical (unpaired) electrons. The van der Waals surface area contributed by atoms with Gasteiger partial charge in [0.05, 0.1) is 0 Å². The van der Waals surface area contributed by atoms with Gasteiger partial charge in [-0.05, 0) is 154 Å². The summed E-state index contributed by atoms with van der Waals surface area (Å²) in [6.45, 7) is 14.0. The third kappa shape index (κ3) is 12.7. The van der Waals surface area contributed by atoms with Crippen molar-refractivity contribution < 1.29 is 0 Å². The Morgan fingerprint density at radius 1 is 0.228 bits per heavy atom. The zero-order valence-corrected chi connectivity index (χ0v) is 50.3. The second-order valence-electron chi connectivity index (χ2n) is 24.7. The molecule has 0 heteroatoms. The molecule has 6 aromatic rings. The Morgan fingerprint density at radius 3 is 0.684 bits per heavy atom. The summed E-state index contributed by atoms with van der Waals surface area (Å²) in [5.41, 5.74) is 22.4. The monoisotopic (exact) mass is 1050 g/mol. The summed E-state index contributed by atoms with van der Waals surface area (Å²) in [7, 11) is 0. The van der Waals surface area contributed by atoms with E-state index < -0.39 is 0 Å². The minimum Gasteiger partial charge on any atom is -0.0654 e. The van der Waals surface area contributed by atoms with E-state index in [1.54, 1.807) is 11.1 Å². The molecule has 0 unspecified atom stereocenters. The first kappa shape index (κ1) is 58.1. The molecule has 0 heterocycles. The third-order valence-corrected chi connectivity index (χ3v) is 19.3. The Labute approximate surface area is 481 Å². The van der Waals surface area contributed by atoms with Crippen LogP contribution in [-0.4, -0.2) is 0 Å². The van der Waals surface area contributed by atoms with Crippen molar-refractivity contribution in [3.8, 4) is 57.1 Å². The maximum absolute atomic E-state index is 3.81. The van der Waals surface area contributed by atoms with Crippen LogP contribution in [0.15, 0.2) is 121 Å². The number of hydrogen-bond acceptors (Lipinski definition) is 0. The van der Waals surface area contributed by atoms with E-state index in [0.29, 0.717) is 0 Å². The van der Waals surface area contributed by atoms with Crippen molar-refractivity contribution in [1.82, 2.24) is 0 Å². The first-order valence-corrected chi connectivity index (χ1v) is 32.7. The van der Waals surface area contributed by atoms with Crippen molar-refractivity contribution in [3.05, 3.63) is 177 Å². The van der Waals surface area contributed by atoms with Crippen LogP contribution in [0.3, 0.4) is 0 Å². The van der Waals surface area contributed by atoms with E-state index in [9.17, 15) is 0 Å². The van der Waals surface area contributed by atoms with Crippen LogP contribution in [0.2, 0.25) is 0 Å². The van der Waals surface area contributed by atoms with Crippen LogP contribution in [-0.2, 0) is 16.2 Å². The van der Waals surface area contributed by atoms with Gasteiger partial charge in [0.15, 0.2) is 0 Å². The highest BCUT2D eigenvalue weighted by Gasteiger charge is 2.45. The molecule has 0 bridgehead atoms. The number of rotatable bonds is 30. The molecule has 0 saturated heterocycles. The lowest BCUT2D eigenvalue weighted by Gasteiger charge is -2.33. The summed E-state index contributed by atoms with van der Waals surface area (Å²) < 4.78 is 0. The molecule has 0 nitrogen and oxygen atoms in total. The minimum absolute atomic E-state index is 0.0591. The maximum Gasteiger partial charge on any atom is 0.0252 e. The van der Waals surface area contributed by atoms with E-state index >= 15 is 0 Å². The van der Waals surface area contributed by atoms with Gasteiger partial charge < -0.3 is 0 Å². The standard InChI is InChI=1S/C79H98/c1-7-13-19-29-51-77(52-30-20-14-8-2)71-37-27-25-35-65(71)67-47-43-61(57-73(67)77)39-41-63-45-49-69-70-50-46-64(60-76(70)79(75(69)59-63,55-33-23-17-11-5)56-34-24-18-12-6)42-40-62-44-48-68-66-36-26-28-38-72(66)78(74(68)58-62,53-31-21-15-9-3)54-32-22-16-10-4/h25-28,35-38,43-50,57-60H,7-24,29-34,51-56H2,1-6H3. The summed E-state index contributed by atoms with van der Waals surface area (Å²) in [6, 6.07) is 47.8. The summed E-state index contributed by atoms with van der Waals surface area (Å²) >= 11 is 0. The van der Waals surface area contributed by atoms with E-state index in [0.717, 1.165) is 22.3 Å². The van der Waals surface area contributed by atoms with Crippen LogP contribution in [0.1, 0.15) is 290 Å². The van der Waals surface area contributed by atoms with Gasteiger partial charge in [-0.15, -0.1) is 0 Å². The van der Waals surface area contributed by atoms with E-state index in [1.165, 1.54) is 248 Å². The molecule has 0 amide bonds. The summed E-state index contributed by atoms with van der Waals surface area (Å²) in [5, 5.41) is 0. The highest BCUT2D eigenvalue weighted by molar-refractivity contribution is 5.85. The summed E-state index contributed by atoms with van der Waals surface area (Å²) in [6.07, 6.45) is 38.0. The van der Waals surface area contributed by atoms with Gasteiger partial charge in [-0.2, -0.15) is 0 Å². The molecule has 79 heavy (non-hydrogen) atoms. The Kier molecular flexibility index (Phi) is 20.8. The van der Waals surface area contributed by atoms with Crippen LogP contribution in [0, 0.1) is 23.7 Å². The van der Waals surface area contributed by atoms with Gasteiger partial charge in [0.25, 0.3) is 0 Å². The molecule has 0 spiro atoms. The van der Waals surface area contributed by atoms with Crippen LogP contribution in [0.5, 0.6) is 0 Å². The second-order valence-corrected chi connectivity index (χ2v) is 24.7. The van der Waals surface area contributed by atoms with Gasteiger partial charge in [-0.3, -0.25) is 0 Å². The number of hydrogen-bond donors (Lipinski definition) is 0. The Hall–Kier alpha value is -5.56. The average Bonchev–Trinajstić information content (AvgIpc) is 4.17. The van der Waals surface area contributed by atoms with E-state index in [2.05, 4.69) is 187 Å². The lowest BCUT2D eigenvalue weighted by Crippen LogP contribution is -2.26. The number of unbranched alkanes of at least 4 members (excludes halogenated alkanes) is 18. The fourth-order valence-corrected chi connectivity index (χ4v) is 15.1. The largest absolute Gasteiger partial charge is 0.0654 e. The fourth-order valence-electron chi connectivity index (χ4n) is 15.1. The molecule has 9 rings (SSSR count). The van der Waals surface area contributed by atoms with Crippen LogP contribution < -0.4 is 0 Å². The van der Waals surface area contributed by atoms with Gasteiger partial charge in [0.1, 0.15) is 0 Å². The smallest absolute Gasteiger partial charge is 0.0252 e. The van der Waals surface area contributed by atoms with Crippen molar-refractivity contribution in [2.24, 2.45) is 0 Å². The predicted octanol–water partition coefficient (Wildman–Crippen LogP) is 23.1. The minimum atomic E-state index is -0.0649. The SMILES string of the molecule is CCCCCCC1(CCCCCC)c2ccccc2-c2ccc(C#Cc3ccc4c(c3)C(CCCCCC)(CCCCCC)c3cc(C#Cc5ccc6c(c5)C(CCCCCC)(CCCCCC)c5ccccc5-6)ccc3-4)cc21. The molecule has 0 aromatic heterocycles. The van der Waals surface area contributed by atoms with Gasteiger partial charge >= 0.3 is 0 Å². The quantitative estimate of drug-likeness (QED) is 0.0312. The zero-order chi connectivity index (χ0) is 54.9. The fraction of sp³-hybridized carbons (Fsp3) is 0.494. The molecule has 0 N–H and O–H groups in total. The summed E-state index contributed by atoms with van der Waals surface area (Å²) in [5.74, 6) is 15.2. The molecule has 0 atom stereocenters. The molecular formula is C79H98. The van der Waals surface area contributed by atoms with Crippen LogP contribution in [0.4, 0.5) is 0 Å². The van der Waals surface area contributed by atoms with E-state index in [4.69, 9.17) is 0 Å². The average molecular weight is 1050 g/mol. The first-order chi connectivity index (χ1) is 38.9. The highest BCUT2D eigenvalue weighted by Crippen LogP contribution is 2.57. The van der Waals surface area contributed by atoms with Crippen LogP contribution >= 0.6 is 0 Å². The highest BCUT2D eigenvalue weighted by atomic mass is 14.5. The lowest BCUT2D eigenvalue weighted by molar-refractivity contribution is 0.401. The number of benzene rings is 6. The van der Waals surface area contributed by atoms with Crippen molar-refractivity contribution in [2.75, 3.05) is 0 Å². The molecular weight excluding hydrogens is 949 g/mol. The van der Waals surface area contributed by atoms with E-state index in [1.807, 2.05) is 0 Å². The van der Waals surface area contributed by atoms with Crippen LogP contribution in [0.25, 0.3) is 33.4 Å². The molecule has 0 fully saturated rings. The second kappa shape index (κ2) is 28.2. The molecule has 414 valence electrons. The van der Waals surface area contributed by atoms with Gasteiger partial charge in [0.2, 0.25) is 0 Å². The Balaban J connectivity index is 1.07. The molecule has 6 aromatic carbocycles. The molecule has 3 aliphatic rings. The molecule has 3 aliphatic carbocycles. The van der Waals surface area contributed by atoms with Gasteiger partial charge in [-0.1, -0.05) is 292 Å². The molecule has 0 saturated carbocycles. The lowest BCUT2D eigenvalue weighted by atomic mass is 9.70. The van der Waals surface area contributed by atoms with E-state index in [-0.39, 0.29) is 16.2 Å². The first-order valence-electron chi connectivity index (χ1n) is 32.7. The van der Waals surface area contributed by atoms with Gasteiger partial charge in [-0.25, -0.2) is 0 Å². The Bertz CT molecular complexity index is 2840. The van der Waals surface area contributed by atoms with Crippen molar-refractivity contribution >= 4 is 0 Å². The predicted molar refractivity (Wildman–Crippen MR) is 342 cm³/mol. The van der Waals surface area contributed by atoms with Crippen molar-refractivity contribution in [1.29, 1.82) is 0 Å². The number of fused-ring (bicyclic) bond motifs is 9. The maximum atomic E-state index is 3.81. The van der Waals surface area contributed by atoms with Crippen molar-refractivity contribution in [3.63, 3.8) is 0 Å². The summed E-state index contributed by atoms with van der Waals surface area (Å²) in [4.78, 5) is 0. The molecule has 0 aliphatic heterocycles. The Morgan fingerprint density at radius 2 is 0.443 bits per heavy atom. The topological polar surface area (TPSA) is 0 Å². The third-order valence-electron chi connectivity index (χ3n) is 19.3. The normalized spacial score (nSPS) is 14.3. The van der Waals surface area contributed by atoms with Gasteiger partial charge in [0, 0.05) is 38.5 Å². The zero-order valence-electron chi connectivity index (χ0n) is 50.3.